The van der Waals surface area contributed by atoms with Crippen LogP contribution in [0, 0.1) is 23.0 Å². The van der Waals surface area contributed by atoms with Crippen molar-refractivity contribution in [1.82, 2.24) is 35.6 Å². The Labute approximate surface area is 431 Å². The second-order valence-electron chi connectivity index (χ2n) is 18.9. The third-order valence-corrected chi connectivity index (χ3v) is 13.5. The quantitative estimate of drug-likeness (QED) is 0.0470. The van der Waals surface area contributed by atoms with E-state index in [0.29, 0.717) is 10.6 Å². The molecular formula is C50H62F2N8O14S. The van der Waals surface area contributed by atoms with Gasteiger partial charge in [0.1, 0.15) is 30.3 Å². The smallest absolute Gasteiger partial charge is 0.303 e. The number of aliphatic hydroxyl groups is 1. The summed E-state index contributed by atoms with van der Waals surface area (Å²) < 4.78 is 58.0. The summed E-state index contributed by atoms with van der Waals surface area (Å²) in [6.45, 7) is 3.38. The molecule has 4 rings (SSSR count). The predicted molar refractivity (Wildman–Crippen MR) is 265 cm³/mol. The van der Waals surface area contributed by atoms with E-state index >= 15 is 4.39 Å². The maximum Gasteiger partial charge on any atom is 0.303 e. The van der Waals surface area contributed by atoms with Gasteiger partial charge in [-0.15, -0.1) is 0 Å². The highest BCUT2D eigenvalue weighted by Crippen LogP contribution is 2.41. The molecule has 0 unspecified atom stereocenters. The first-order valence-electron chi connectivity index (χ1n) is 23.7. The molecule has 2 aromatic carbocycles. The molecule has 0 radical (unpaired) electrons. The largest absolute Gasteiger partial charge is 0.481 e. The van der Waals surface area contributed by atoms with Gasteiger partial charge in [0.2, 0.25) is 35.4 Å². The minimum Gasteiger partial charge on any atom is -0.481 e. The van der Waals surface area contributed by atoms with Crippen LogP contribution in [-0.4, -0.2) is 148 Å². The van der Waals surface area contributed by atoms with Crippen LogP contribution in [0.15, 0.2) is 72.9 Å². The van der Waals surface area contributed by atoms with E-state index < -0.39 is 180 Å². The number of amides is 8. The molecule has 8 N–H and O–H groups in total. The summed E-state index contributed by atoms with van der Waals surface area (Å²) in [7, 11) is -4.11. The molecule has 4 atom stereocenters. The van der Waals surface area contributed by atoms with E-state index in [0.717, 1.165) is 42.8 Å². The Balaban J connectivity index is 1.57. The zero-order valence-corrected chi connectivity index (χ0v) is 42.6. The lowest BCUT2D eigenvalue weighted by molar-refractivity contribution is -0.141. The summed E-state index contributed by atoms with van der Waals surface area (Å²) in [5, 5.41) is 29.1. The highest BCUT2D eigenvalue weighted by atomic mass is 32.2. The molecule has 22 nitrogen and oxygen atoms in total. The number of hydrogen-bond donors (Lipinski definition) is 7. The number of carbonyl (C=O) groups excluding carboxylic acids is 9. The summed E-state index contributed by atoms with van der Waals surface area (Å²) in [5.74, 6) is -13.1. The maximum atomic E-state index is 15.3. The number of carboxylic acid groups (broad SMARTS) is 1. The van der Waals surface area contributed by atoms with Crippen molar-refractivity contribution in [3.8, 4) is 11.1 Å². The van der Waals surface area contributed by atoms with Crippen LogP contribution < -0.4 is 27.0 Å². The van der Waals surface area contributed by atoms with E-state index in [2.05, 4.69) is 21.3 Å². The van der Waals surface area contributed by atoms with Crippen molar-refractivity contribution in [2.75, 3.05) is 44.3 Å². The molecule has 3 aromatic rings. The van der Waals surface area contributed by atoms with Gasteiger partial charge in [-0.1, -0.05) is 51.1 Å². The lowest BCUT2D eigenvalue weighted by atomic mass is 9.82. The first-order valence-corrected chi connectivity index (χ1v) is 25.5. The van der Waals surface area contributed by atoms with Gasteiger partial charge in [-0.05, 0) is 48.1 Å². The van der Waals surface area contributed by atoms with Crippen molar-refractivity contribution in [2.24, 2.45) is 17.1 Å². The number of aliphatic carboxylic acids is 1. The number of nitrogens with two attached hydrogens (primary N) is 1. The Morgan fingerprint density at radius 2 is 1.44 bits per heavy atom. The lowest BCUT2D eigenvalue weighted by Gasteiger charge is -2.41. The summed E-state index contributed by atoms with van der Waals surface area (Å²) in [4.78, 5) is 128. The first-order chi connectivity index (χ1) is 35.2. The van der Waals surface area contributed by atoms with E-state index in [1.807, 2.05) is 12.1 Å². The molecule has 1 aliphatic heterocycles. The normalized spacial score (nSPS) is 14.1. The minimum absolute atomic E-state index is 0.0798. The molecule has 2 heterocycles. The van der Waals surface area contributed by atoms with Crippen LogP contribution in [0.2, 0.25) is 0 Å². The number of aromatic nitrogens is 1. The standard InChI is InChI=1S/C50H62F2N8O14S/c1-30(62)56-39(25-41(53)64)49(72)57-38(48(71)55-18-21-75(73,74)20-17-54-47(70)32(10-15-45(68)69)22-35(63)28-60-42(65)13-14-43(60)66)16-19-59(44(67)29-61)46(50(2,3)4)40-23-33(36-24-34(51)11-12-37(36)52)27-58(40)26-31-8-6-5-7-9-31/h5-9,11-14,23-24,27,32,38-39,46,61H,10,15-22,25-26,28-29H2,1-4H3,(H2,53,64)(H,54,70)(H,55,71)(H,56,62)(H,57,72)(H,68,69)/t32-,38-,39-,46-/m0/s1. The minimum atomic E-state index is -4.11. The number of rotatable bonds is 29. The fourth-order valence-electron chi connectivity index (χ4n) is 8.32. The van der Waals surface area contributed by atoms with E-state index in [1.165, 1.54) is 4.90 Å². The number of halogens is 2. The number of nitrogens with one attached hydrogen (secondary N) is 4. The SMILES string of the molecule is CC(=O)N[C@@H](CC(N)=O)C(=O)N[C@@H](CCN(C(=O)CO)[C@@H](c1cc(-c2cc(F)ccc2F)cn1Cc1ccccc1)C(C)(C)C)C(=O)NCCS(=O)(=O)CCNC(=O)[C@@H](CCC(=O)O)CC(=O)CN1C(=O)C=CC1=O. The van der Waals surface area contributed by atoms with Crippen LogP contribution in [0.4, 0.5) is 8.78 Å². The Morgan fingerprint density at radius 1 is 0.813 bits per heavy atom. The maximum absolute atomic E-state index is 15.3. The highest BCUT2D eigenvalue weighted by molar-refractivity contribution is 7.91. The van der Waals surface area contributed by atoms with Crippen molar-refractivity contribution < 1.29 is 75.4 Å². The van der Waals surface area contributed by atoms with E-state index in [1.54, 1.807) is 55.8 Å². The Kier molecular flexibility index (Phi) is 21.6. The van der Waals surface area contributed by atoms with Gasteiger partial charge < -0.3 is 46.7 Å². The monoisotopic (exact) mass is 1070 g/mol. The number of ketones is 1. The number of imide groups is 1. The van der Waals surface area contributed by atoms with Gasteiger partial charge in [0.05, 0.1) is 30.5 Å². The van der Waals surface area contributed by atoms with E-state index in [4.69, 9.17) is 5.73 Å². The van der Waals surface area contributed by atoms with Gasteiger partial charge in [-0.2, -0.15) is 0 Å². The molecule has 0 spiro atoms. The average Bonchev–Trinajstić information content (AvgIpc) is 3.87. The number of carbonyl (C=O) groups is 10. The van der Waals surface area contributed by atoms with Gasteiger partial charge >= 0.3 is 5.97 Å². The van der Waals surface area contributed by atoms with Crippen molar-refractivity contribution in [3.63, 3.8) is 0 Å². The van der Waals surface area contributed by atoms with Crippen LogP contribution in [-0.2, 0) is 64.3 Å². The van der Waals surface area contributed by atoms with Gasteiger partial charge in [-0.25, -0.2) is 17.2 Å². The summed E-state index contributed by atoms with van der Waals surface area (Å²) in [6.07, 6.45) is 0.939. The first kappa shape index (κ1) is 59.9. The highest BCUT2D eigenvalue weighted by Gasteiger charge is 2.39. The molecule has 25 heteroatoms. The number of carboxylic acids is 1. The van der Waals surface area contributed by atoms with Crippen molar-refractivity contribution in [3.05, 3.63) is 95.8 Å². The van der Waals surface area contributed by atoms with Crippen molar-refractivity contribution in [2.45, 2.75) is 84.5 Å². The lowest BCUT2D eigenvalue weighted by Crippen LogP contribution is -2.55. The van der Waals surface area contributed by atoms with Crippen LogP contribution in [0.5, 0.6) is 0 Å². The zero-order chi connectivity index (χ0) is 55.8. The number of hydrogen-bond acceptors (Lipinski definition) is 13. The van der Waals surface area contributed by atoms with Crippen molar-refractivity contribution in [1.29, 1.82) is 0 Å². The van der Waals surface area contributed by atoms with Gasteiger partial charge in [-0.3, -0.25) is 52.8 Å². The fourth-order valence-corrected chi connectivity index (χ4v) is 9.35. The Bertz CT molecular complexity index is 2750. The number of Topliss-reactive ketones (excluding diaryl/α,β-unsaturated/α-hetero) is 1. The van der Waals surface area contributed by atoms with E-state index in [-0.39, 0.29) is 24.1 Å². The molecule has 0 fully saturated rings. The Hall–Kier alpha value is -7.67. The molecule has 406 valence electrons. The summed E-state index contributed by atoms with van der Waals surface area (Å²) in [5.41, 5.74) is 5.80. The number of nitrogens with zero attached hydrogens (tertiary/aromatic N) is 3. The van der Waals surface area contributed by atoms with Crippen LogP contribution in [0.3, 0.4) is 0 Å². The van der Waals surface area contributed by atoms with E-state index in [9.17, 15) is 71.0 Å². The molecule has 0 saturated carbocycles. The topological polar surface area (TPSA) is 331 Å². The second kappa shape index (κ2) is 27.0. The van der Waals surface area contributed by atoms with Gasteiger partial charge in [0, 0.05) is 87.0 Å². The van der Waals surface area contributed by atoms with Crippen LogP contribution in [0.1, 0.15) is 77.1 Å². The summed E-state index contributed by atoms with van der Waals surface area (Å²) >= 11 is 0. The molecule has 0 aliphatic carbocycles. The molecule has 0 bridgehead atoms. The van der Waals surface area contributed by atoms with Crippen LogP contribution >= 0.6 is 0 Å². The number of sulfone groups is 1. The Morgan fingerprint density at radius 3 is 2.01 bits per heavy atom. The molecule has 8 amide bonds. The fraction of sp³-hybridized carbons (Fsp3) is 0.440. The van der Waals surface area contributed by atoms with Gasteiger partial charge in [0.25, 0.3) is 11.8 Å². The average molecular weight is 1070 g/mol. The molecular weight excluding hydrogens is 1010 g/mol. The van der Waals surface area contributed by atoms with Crippen molar-refractivity contribution >= 4 is 68.8 Å². The molecule has 0 saturated heterocycles. The number of benzene rings is 2. The third-order valence-electron chi connectivity index (χ3n) is 11.8. The summed E-state index contributed by atoms with van der Waals surface area (Å²) in [6, 6.07) is 9.40. The predicted octanol–water partition coefficient (Wildman–Crippen LogP) is 0.657. The second-order valence-corrected chi connectivity index (χ2v) is 21.2. The number of primary amides is 1. The zero-order valence-electron chi connectivity index (χ0n) is 41.8. The number of aliphatic hydroxyl groups excluding tert-OH is 1. The van der Waals surface area contributed by atoms with Gasteiger partial charge in [0.15, 0.2) is 15.6 Å². The molecule has 75 heavy (non-hydrogen) atoms. The third kappa shape index (κ3) is 18.3. The van der Waals surface area contributed by atoms with Crippen LogP contribution in [0.25, 0.3) is 11.1 Å². The molecule has 1 aromatic heterocycles. The molecule has 1 aliphatic rings.